The van der Waals surface area contributed by atoms with Crippen molar-refractivity contribution in [3.05, 3.63) is 98.2 Å². The lowest BCUT2D eigenvalue weighted by Crippen LogP contribution is -2.34. The molecule has 4 heteroatoms. The van der Waals surface area contributed by atoms with E-state index in [1.54, 1.807) is 0 Å². The van der Waals surface area contributed by atoms with Crippen LogP contribution < -0.4 is 0 Å². The van der Waals surface area contributed by atoms with E-state index in [0.717, 1.165) is 116 Å². The van der Waals surface area contributed by atoms with Gasteiger partial charge in [-0.1, -0.05) is 321 Å². The Kier molecular flexibility index (Phi) is 38.0. The zero-order valence-corrected chi connectivity index (χ0v) is 69.1. The van der Waals surface area contributed by atoms with Gasteiger partial charge >= 0.3 is 0 Å². The summed E-state index contributed by atoms with van der Waals surface area (Å²) in [4.78, 5) is 0. The van der Waals surface area contributed by atoms with Crippen LogP contribution in [0, 0.1) is 94.6 Å². The molecule has 0 aromatic carbocycles. The highest BCUT2D eigenvalue weighted by Crippen LogP contribution is 2.52. The lowest BCUT2D eigenvalue weighted by atomic mass is 9.67. The van der Waals surface area contributed by atoms with E-state index in [1.807, 2.05) is 0 Å². The van der Waals surface area contributed by atoms with E-state index in [4.69, 9.17) is 23.2 Å². The second-order valence-corrected chi connectivity index (χ2v) is 43.3. The minimum Gasteiger partial charge on any atom is -0.122 e. The van der Waals surface area contributed by atoms with Crippen molar-refractivity contribution in [3.63, 3.8) is 0 Å². The van der Waals surface area contributed by atoms with Crippen LogP contribution >= 0.6 is 44.8 Å². The standard InChI is InChI=1S/C86H156Cl2S2/c1-34-69(85(30,31)58-43-36-48-75(9,10)11)60-80(20,21)62-71(87)73(64-78(16,17)53-39-37-49-76(12,13)51-41-44-55-82(24,25)66(3)4)89-90-74(65-79(18,19)54-40-38-50-77(14,15)52-42-45-56-83(26,27)67(5)6)72(88)63-81(22,23)61-70(35-2)86(32,33)59-47-46-57-84(28,29)68(7)8/h34-47,66-74H,1-2,48-65H2,3-33H3/b39-37+,40-38+,43-36-,44-41-,45-42-,47-46-. The summed E-state index contributed by atoms with van der Waals surface area (Å²) in [6.07, 6.45) is 52.9. The Morgan fingerprint density at radius 2 is 0.478 bits per heavy atom. The quantitative estimate of drug-likeness (QED) is 0.0338. The van der Waals surface area contributed by atoms with Gasteiger partial charge < -0.3 is 0 Å². The van der Waals surface area contributed by atoms with Crippen molar-refractivity contribution in [2.24, 2.45) is 94.6 Å². The average Bonchev–Trinajstić information content (AvgIpc) is 0.906. The van der Waals surface area contributed by atoms with Crippen molar-refractivity contribution in [1.82, 2.24) is 0 Å². The van der Waals surface area contributed by atoms with E-state index in [0.29, 0.717) is 40.4 Å². The Labute approximate surface area is 584 Å². The van der Waals surface area contributed by atoms with E-state index >= 15 is 0 Å². The topological polar surface area (TPSA) is 0 Å². The summed E-state index contributed by atoms with van der Waals surface area (Å²) in [5.41, 5.74) is 1.90. The summed E-state index contributed by atoms with van der Waals surface area (Å²) in [7, 11) is 4.15. The molecule has 0 saturated carbocycles. The Hall–Kier alpha value is -0.800. The molecule has 0 aliphatic rings. The molecule has 0 nitrogen and oxygen atoms in total. The van der Waals surface area contributed by atoms with Crippen LogP contribution in [0.15, 0.2) is 98.2 Å². The van der Waals surface area contributed by atoms with Crippen LogP contribution in [-0.4, -0.2) is 21.3 Å². The van der Waals surface area contributed by atoms with Gasteiger partial charge in [0.1, 0.15) is 0 Å². The molecule has 0 aliphatic carbocycles. The molecule has 0 saturated heterocycles. The molecule has 526 valence electrons. The summed E-state index contributed by atoms with van der Waals surface area (Å²) in [5.74, 6) is 2.69. The highest BCUT2D eigenvalue weighted by atomic mass is 35.5. The van der Waals surface area contributed by atoms with Gasteiger partial charge in [-0.3, -0.25) is 0 Å². The average molecular weight is 1330 g/mol. The van der Waals surface area contributed by atoms with Crippen molar-refractivity contribution in [3.8, 4) is 0 Å². The van der Waals surface area contributed by atoms with Gasteiger partial charge in [0.2, 0.25) is 0 Å². The third-order valence-electron chi connectivity index (χ3n) is 21.9. The molecule has 0 aromatic rings. The van der Waals surface area contributed by atoms with Crippen molar-refractivity contribution in [1.29, 1.82) is 0 Å². The molecule has 0 fully saturated rings. The van der Waals surface area contributed by atoms with E-state index in [2.05, 4.69) is 334 Å². The smallest absolute Gasteiger partial charge is 0.0468 e. The first-order chi connectivity index (χ1) is 40.6. The SMILES string of the molecule is C=CC(CC(C)(C)CC(Cl)C(CC(C)(C)C/C=C/CC(C)(C)C/C=C\CC(C)(C)C(C)C)SSC(CC(C)(C)C/C=C/CC(C)(C)C/C=C\CC(C)(C)C(C)C)C(Cl)CC(C)(C)CC(C=C)C(C)(C)C/C=C\CC(C)(C)C(C)C)C(C)(C)C/C=C\CC(C)(C)C. The van der Waals surface area contributed by atoms with Crippen LogP contribution in [0.25, 0.3) is 0 Å². The van der Waals surface area contributed by atoms with Crippen LogP contribution in [-0.2, 0) is 0 Å². The lowest BCUT2D eigenvalue weighted by Gasteiger charge is -2.41. The van der Waals surface area contributed by atoms with Gasteiger partial charge in [0.05, 0.1) is 0 Å². The summed E-state index contributed by atoms with van der Waals surface area (Å²) < 4.78 is 0. The van der Waals surface area contributed by atoms with Crippen molar-refractivity contribution >= 4 is 44.8 Å². The fourth-order valence-electron chi connectivity index (χ4n) is 11.8. The first-order valence-corrected chi connectivity index (χ1v) is 39.5. The maximum Gasteiger partial charge on any atom is 0.0468 e. The molecule has 90 heavy (non-hydrogen) atoms. The third-order valence-corrected chi connectivity index (χ3v) is 26.5. The van der Waals surface area contributed by atoms with Crippen molar-refractivity contribution in [2.75, 3.05) is 0 Å². The zero-order valence-electron chi connectivity index (χ0n) is 66.0. The molecule has 6 atom stereocenters. The third kappa shape index (κ3) is 38.2. The van der Waals surface area contributed by atoms with Gasteiger partial charge in [-0.25, -0.2) is 0 Å². The summed E-state index contributed by atoms with van der Waals surface area (Å²) in [6.45, 7) is 83.7. The summed E-state index contributed by atoms with van der Waals surface area (Å²) >= 11 is 16.2. The lowest BCUT2D eigenvalue weighted by molar-refractivity contribution is 0.167. The highest BCUT2D eigenvalue weighted by molar-refractivity contribution is 8.77. The first kappa shape index (κ1) is 89.2. The molecule has 6 unspecified atom stereocenters. The molecule has 0 aliphatic heterocycles. The van der Waals surface area contributed by atoms with Crippen LogP contribution in [0.3, 0.4) is 0 Å². The van der Waals surface area contributed by atoms with Gasteiger partial charge in [0.25, 0.3) is 0 Å². The first-order valence-electron chi connectivity index (χ1n) is 36.3. The molecule has 0 N–H and O–H groups in total. The Balaban J connectivity index is 7.39. The Morgan fingerprint density at radius 3 is 0.700 bits per heavy atom. The Bertz CT molecular complexity index is 2200. The monoisotopic (exact) mass is 1320 g/mol. The summed E-state index contributed by atoms with van der Waals surface area (Å²) in [6, 6.07) is 0. The van der Waals surface area contributed by atoms with E-state index in [1.165, 1.54) is 0 Å². The minimum atomic E-state index is -0.0198. The van der Waals surface area contributed by atoms with E-state index < -0.39 is 0 Å². The Morgan fingerprint density at radius 1 is 0.267 bits per heavy atom. The van der Waals surface area contributed by atoms with Crippen LogP contribution in [0.5, 0.6) is 0 Å². The minimum absolute atomic E-state index is 0.00410. The number of rotatable bonds is 47. The summed E-state index contributed by atoms with van der Waals surface area (Å²) in [5, 5.41) is 0.418. The van der Waals surface area contributed by atoms with Gasteiger partial charge in [-0.05, 0) is 210 Å². The van der Waals surface area contributed by atoms with Gasteiger partial charge in [-0.15, -0.1) is 36.4 Å². The molecule has 0 aromatic heterocycles. The molecule has 0 heterocycles. The van der Waals surface area contributed by atoms with Crippen LogP contribution in [0.4, 0.5) is 0 Å². The van der Waals surface area contributed by atoms with Gasteiger partial charge in [0.15, 0.2) is 0 Å². The van der Waals surface area contributed by atoms with E-state index in [9.17, 15) is 0 Å². The maximum absolute atomic E-state index is 8.10. The molecule has 0 rings (SSSR count). The van der Waals surface area contributed by atoms with Gasteiger partial charge in [-0.2, -0.15) is 0 Å². The fourth-order valence-corrected chi connectivity index (χ4v) is 17.4. The number of halogens is 2. The second kappa shape index (κ2) is 38.4. The largest absolute Gasteiger partial charge is 0.122 e. The van der Waals surface area contributed by atoms with Crippen LogP contribution in [0.1, 0.15) is 330 Å². The molecular formula is C86H156Cl2S2. The maximum atomic E-state index is 8.10. The fraction of sp³-hybridized carbons (Fsp3) is 0.814. The number of alkyl halides is 2. The van der Waals surface area contributed by atoms with Crippen molar-refractivity contribution < 1.29 is 0 Å². The molecule has 0 amide bonds. The van der Waals surface area contributed by atoms with Crippen LogP contribution in [0.2, 0.25) is 0 Å². The second-order valence-electron chi connectivity index (χ2n) is 39.4. The molecule has 0 bridgehead atoms. The number of hydrogen-bond donors (Lipinski definition) is 0. The zero-order chi connectivity index (χ0) is 70.2. The predicted molar refractivity (Wildman–Crippen MR) is 423 cm³/mol. The predicted octanol–water partition coefficient (Wildman–Crippen LogP) is 30.6. The molecule has 0 spiro atoms. The molecular weight excluding hydrogens is 1170 g/mol. The molecule has 0 radical (unpaired) electrons. The highest BCUT2D eigenvalue weighted by Gasteiger charge is 2.40. The van der Waals surface area contributed by atoms with E-state index in [-0.39, 0.29) is 75.4 Å². The van der Waals surface area contributed by atoms with Crippen molar-refractivity contribution in [2.45, 2.75) is 351 Å². The number of hydrogen-bond acceptors (Lipinski definition) is 2. The van der Waals surface area contributed by atoms with Gasteiger partial charge in [0, 0.05) is 21.3 Å². The normalized spacial score (nSPS) is 17.0. The number of allylic oxidation sites excluding steroid dienone is 14.